The minimum absolute atomic E-state index is 0.734. The summed E-state index contributed by atoms with van der Waals surface area (Å²) in [5, 5.41) is 5.60. The summed E-state index contributed by atoms with van der Waals surface area (Å²) in [6.45, 7) is 3.18. The zero-order valence-electron chi connectivity index (χ0n) is 13.2. The molecule has 4 nitrogen and oxygen atoms in total. The number of hydrogen-bond donors (Lipinski definition) is 0. The number of morpholine rings is 1. The number of benzene rings is 2. The van der Waals surface area contributed by atoms with Crippen molar-refractivity contribution in [2.24, 2.45) is 0 Å². The molecule has 4 rings (SSSR count). The maximum atomic E-state index is 6.04. The lowest BCUT2D eigenvalue weighted by molar-refractivity contribution is 0.122. The number of aromatic nitrogens is 2. The first-order valence-corrected chi connectivity index (χ1v) is 8.43. The van der Waals surface area contributed by atoms with Crippen LogP contribution >= 0.6 is 11.6 Å². The smallest absolute Gasteiger partial charge is 0.159 e. The molecule has 122 valence electrons. The van der Waals surface area contributed by atoms with E-state index in [1.165, 1.54) is 0 Å². The molecular formula is C19H18ClN3O. The Balaban J connectivity index is 1.80. The molecule has 1 aliphatic rings. The average Bonchev–Trinajstić information content (AvgIpc) is 3.09. The Hall–Kier alpha value is -2.30. The van der Waals surface area contributed by atoms with E-state index < -0.39 is 0 Å². The van der Waals surface area contributed by atoms with Gasteiger partial charge < -0.3 is 9.64 Å². The standard InChI is InChI=1S/C19H18ClN3O/c20-16-8-6-15(7-9-16)18-14-23(17-4-2-1-3-5-17)21-19(18)22-10-12-24-13-11-22/h1-9,14H,10-13H2. The summed E-state index contributed by atoms with van der Waals surface area (Å²) < 4.78 is 7.42. The van der Waals surface area contributed by atoms with Crippen LogP contribution in [0.25, 0.3) is 16.8 Å². The summed E-state index contributed by atoms with van der Waals surface area (Å²) in [6, 6.07) is 18.1. The summed E-state index contributed by atoms with van der Waals surface area (Å²) >= 11 is 6.04. The predicted octanol–water partition coefficient (Wildman–Crippen LogP) is 4.03. The van der Waals surface area contributed by atoms with Crippen molar-refractivity contribution < 1.29 is 4.74 Å². The van der Waals surface area contributed by atoms with E-state index in [9.17, 15) is 0 Å². The molecule has 0 radical (unpaired) electrons. The largest absolute Gasteiger partial charge is 0.378 e. The van der Waals surface area contributed by atoms with E-state index in [4.69, 9.17) is 21.4 Å². The summed E-state index contributed by atoms with van der Waals surface area (Å²) in [5.74, 6) is 0.990. The van der Waals surface area contributed by atoms with Gasteiger partial charge in [0.15, 0.2) is 5.82 Å². The first-order chi connectivity index (χ1) is 11.8. The van der Waals surface area contributed by atoms with Crippen molar-refractivity contribution in [1.29, 1.82) is 0 Å². The SMILES string of the molecule is Clc1ccc(-c2cn(-c3ccccc3)nc2N2CCOCC2)cc1. The van der Waals surface area contributed by atoms with Gasteiger partial charge in [0.1, 0.15) is 0 Å². The summed E-state index contributed by atoms with van der Waals surface area (Å²) in [5.41, 5.74) is 3.27. The van der Waals surface area contributed by atoms with Crippen LogP contribution in [0.1, 0.15) is 0 Å². The molecule has 0 aliphatic carbocycles. The van der Waals surface area contributed by atoms with Crippen LogP contribution in [-0.4, -0.2) is 36.1 Å². The molecule has 5 heteroatoms. The molecule has 0 saturated carbocycles. The normalized spacial score (nSPS) is 14.8. The zero-order valence-corrected chi connectivity index (χ0v) is 14.0. The Labute approximate surface area is 146 Å². The van der Waals surface area contributed by atoms with Gasteiger partial charge in [-0.15, -0.1) is 5.10 Å². The number of halogens is 1. The van der Waals surface area contributed by atoms with Crippen molar-refractivity contribution in [2.45, 2.75) is 0 Å². The number of rotatable bonds is 3. The molecule has 0 amide bonds. The molecule has 0 N–H and O–H groups in total. The van der Waals surface area contributed by atoms with Crippen LogP contribution in [0, 0.1) is 0 Å². The Morgan fingerprint density at radius 2 is 1.62 bits per heavy atom. The molecule has 0 atom stereocenters. The lowest BCUT2D eigenvalue weighted by Gasteiger charge is -2.27. The maximum absolute atomic E-state index is 6.04. The van der Waals surface area contributed by atoms with Crippen molar-refractivity contribution in [3.8, 4) is 16.8 Å². The fraction of sp³-hybridized carbons (Fsp3) is 0.211. The van der Waals surface area contributed by atoms with E-state index in [1.807, 2.05) is 47.1 Å². The predicted molar refractivity (Wildman–Crippen MR) is 97.0 cm³/mol. The third kappa shape index (κ3) is 3.03. The van der Waals surface area contributed by atoms with Crippen LogP contribution < -0.4 is 4.90 Å². The fourth-order valence-electron chi connectivity index (χ4n) is 2.92. The van der Waals surface area contributed by atoms with Gasteiger partial charge in [-0.25, -0.2) is 4.68 Å². The second-order valence-corrected chi connectivity index (χ2v) is 6.19. The molecule has 1 fully saturated rings. The third-order valence-electron chi connectivity index (χ3n) is 4.18. The highest BCUT2D eigenvalue weighted by atomic mass is 35.5. The Kier molecular flexibility index (Phi) is 4.24. The maximum Gasteiger partial charge on any atom is 0.159 e. The second-order valence-electron chi connectivity index (χ2n) is 5.75. The first-order valence-electron chi connectivity index (χ1n) is 8.05. The fourth-order valence-corrected chi connectivity index (χ4v) is 3.05. The second kappa shape index (κ2) is 6.67. The van der Waals surface area contributed by atoms with E-state index in [0.717, 1.165) is 54.0 Å². The number of nitrogens with zero attached hydrogens (tertiary/aromatic N) is 3. The lowest BCUT2D eigenvalue weighted by Crippen LogP contribution is -2.36. The van der Waals surface area contributed by atoms with E-state index in [-0.39, 0.29) is 0 Å². The average molecular weight is 340 g/mol. The summed E-state index contributed by atoms with van der Waals surface area (Å²) in [7, 11) is 0. The number of anilines is 1. The van der Waals surface area contributed by atoms with Crippen LogP contribution in [0.4, 0.5) is 5.82 Å². The molecule has 1 saturated heterocycles. The first kappa shape index (κ1) is 15.2. The third-order valence-corrected chi connectivity index (χ3v) is 4.43. The Bertz CT molecular complexity index is 808. The van der Waals surface area contributed by atoms with Crippen molar-refractivity contribution in [2.75, 3.05) is 31.2 Å². The molecule has 0 bridgehead atoms. The molecule has 24 heavy (non-hydrogen) atoms. The van der Waals surface area contributed by atoms with Gasteiger partial charge in [0.05, 0.1) is 18.9 Å². The van der Waals surface area contributed by atoms with E-state index in [0.29, 0.717) is 0 Å². The number of para-hydroxylation sites is 1. The molecule has 2 aromatic carbocycles. The van der Waals surface area contributed by atoms with Crippen LogP contribution in [0.3, 0.4) is 0 Å². The molecule has 1 aromatic heterocycles. The highest BCUT2D eigenvalue weighted by Crippen LogP contribution is 2.32. The van der Waals surface area contributed by atoms with Gasteiger partial charge in [-0.2, -0.15) is 0 Å². The van der Waals surface area contributed by atoms with Crippen molar-refractivity contribution in [3.05, 3.63) is 65.8 Å². The summed E-state index contributed by atoms with van der Waals surface area (Å²) in [4.78, 5) is 2.28. The van der Waals surface area contributed by atoms with Crippen LogP contribution in [-0.2, 0) is 4.74 Å². The summed E-state index contributed by atoms with van der Waals surface area (Å²) in [6.07, 6.45) is 2.09. The molecule has 3 aromatic rings. The highest BCUT2D eigenvalue weighted by molar-refractivity contribution is 6.30. The highest BCUT2D eigenvalue weighted by Gasteiger charge is 2.20. The van der Waals surface area contributed by atoms with Crippen LogP contribution in [0.15, 0.2) is 60.8 Å². The van der Waals surface area contributed by atoms with Crippen molar-refractivity contribution >= 4 is 17.4 Å². The number of ether oxygens (including phenoxy) is 1. The van der Waals surface area contributed by atoms with Crippen molar-refractivity contribution in [3.63, 3.8) is 0 Å². The Morgan fingerprint density at radius 3 is 2.33 bits per heavy atom. The number of hydrogen-bond acceptors (Lipinski definition) is 3. The molecular weight excluding hydrogens is 322 g/mol. The minimum atomic E-state index is 0.734. The van der Waals surface area contributed by atoms with E-state index in [2.05, 4.69) is 23.2 Å². The van der Waals surface area contributed by atoms with Gasteiger partial charge in [0, 0.05) is 29.9 Å². The minimum Gasteiger partial charge on any atom is -0.378 e. The van der Waals surface area contributed by atoms with Crippen LogP contribution in [0.2, 0.25) is 5.02 Å². The van der Waals surface area contributed by atoms with Crippen LogP contribution in [0.5, 0.6) is 0 Å². The van der Waals surface area contributed by atoms with Gasteiger partial charge >= 0.3 is 0 Å². The molecule has 2 heterocycles. The quantitative estimate of drug-likeness (QED) is 0.721. The molecule has 0 unspecified atom stereocenters. The van der Waals surface area contributed by atoms with Gasteiger partial charge in [0.2, 0.25) is 0 Å². The van der Waals surface area contributed by atoms with Gasteiger partial charge in [-0.3, -0.25) is 0 Å². The topological polar surface area (TPSA) is 30.3 Å². The Morgan fingerprint density at radius 1 is 0.917 bits per heavy atom. The van der Waals surface area contributed by atoms with Crippen molar-refractivity contribution in [1.82, 2.24) is 9.78 Å². The zero-order chi connectivity index (χ0) is 16.4. The van der Waals surface area contributed by atoms with Gasteiger partial charge in [-0.05, 0) is 29.8 Å². The molecule has 0 spiro atoms. The molecule has 1 aliphatic heterocycles. The monoisotopic (exact) mass is 339 g/mol. The van der Waals surface area contributed by atoms with E-state index >= 15 is 0 Å². The van der Waals surface area contributed by atoms with E-state index in [1.54, 1.807) is 0 Å². The van der Waals surface area contributed by atoms with Gasteiger partial charge in [-0.1, -0.05) is 41.9 Å². The van der Waals surface area contributed by atoms with Gasteiger partial charge in [0.25, 0.3) is 0 Å². The lowest BCUT2D eigenvalue weighted by atomic mass is 10.1.